The summed E-state index contributed by atoms with van der Waals surface area (Å²) in [5.41, 5.74) is 0.183. The zero-order valence-corrected chi connectivity index (χ0v) is 17.9. The Morgan fingerprint density at radius 3 is 1.24 bits per heavy atom. The standard InChI is InChI=1S/C22H40O7/c23-1-2-24-3-4-25-5-6-26-7-8-27-9-10-28-11-12-29-22-16-19-13-20(17-22)15-21(14-19)18-22/h19-21,23H,1-18H2. The average Bonchev–Trinajstić information content (AvgIpc) is 2.69. The number of aliphatic hydroxyl groups excluding tert-OH is 1. The van der Waals surface area contributed by atoms with Crippen LogP contribution in [0.1, 0.15) is 38.5 Å². The molecule has 0 radical (unpaired) electrons. The molecular formula is C22H40O7. The minimum atomic E-state index is 0.0454. The maximum absolute atomic E-state index is 8.56. The van der Waals surface area contributed by atoms with Crippen LogP contribution in [0.5, 0.6) is 0 Å². The molecule has 7 heteroatoms. The molecule has 4 bridgehead atoms. The van der Waals surface area contributed by atoms with Crippen LogP contribution >= 0.6 is 0 Å². The summed E-state index contributed by atoms with van der Waals surface area (Å²) in [4.78, 5) is 0. The van der Waals surface area contributed by atoms with E-state index < -0.39 is 0 Å². The first kappa shape index (κ1) is 23.4. The van der Waals surface area contributed by atoms with Gasteiger partial charge in [-0.2, -0.15) is 0 Å². The van der Waals surface area contributed by atoms with Gasteiger partial charge in [0.15, 0.2) is 0 Å². The van der Waals surface area contributed by atoms with Gasteiger partial charge in [-0.1, -0.05) is 0 Å². The fraction of sp³-hybridized carbons (Fsp3) is 1.00. The van der Waals surface area contributed by atoms with E-state index in [1.165, 1.54) is 38.5 Å². The molecule has 0 unspecified atom stereocenters. The second kappa shape index (κ2) is 13.2. The van der Waals surface area contributed by atoms with Gasteiger partial charge in [-0.3, -0.25) is 0 Å². The highest BCUT2D eigenvalue weighted by atomic mass is 16.6. The van der Waals surface area contributed by atoms with Crippen molar-refractivity contribution in [1.29, 1.82) is 0 Å². The van der Waals surface area contributed by atoms with Crippen LogP contribution in [0.15, 0.2) is 0 Å². The number of ether oxygens (including phenoxy) is 6. The van der Waals surface area contributed by atoms with Crippen LogP contribution in [0.4, 0.5) is 0 Å². The second-order valence-corrected chi connectivity index (χ2v) is 8.73. The van der Waals surface area contributed by atoms with Crippen molar-refractivity contribution in [3.63, 3.8) is 0 Å². The molecule has 0 saturated heterocycles. The first-order valence-corrected chi connectivity index (χ1v) is 11.4. The lowest BCUT2D eigenvalue weighted by molar-refractivity contribution is -0.169. The molecule has 29 heavy (non-hydrogen) atoms. The molecule has 0 aliphatic heterocycles. The third kappa shape index (κ3) is 8.40. The minimum Gasteiger partial charge on any atom is -0.394 e. The summed E-state index contributed by atoms with van der Waals surface area (Å²) in [5.74, 6) is 2.78. The number of hydrogen-bond acceptors (Lipinski definition) is 7. The quantitative estimate of drug-likeness (QED) is 0.343. The van der Waals surface area contributed by atoms with Crippen molar-refractivity contribution in [1.82, 2.24) is 0 Å². The first-order valence-electron chi connectivity index (χ1n) is 11.4. The van der Waals surface area contributed by atoms with Crippen molar-refractivity contribution in [2.24, 2.45) is 17.8 Å². The van der Waals surface area contributed by atoms with Crippen molar-refractivity contribution in [3.8, 4) is 0 Å². The molecule has 4 aliphatic rings. The lowest BCUT2D eigenvalue weighted by Gasteiger charge is -2.56. The highest BCUT2D eigenvalue weighted by Crippen LogP contribution is 2.57. The lowest BCUT2D eigenvalue weighted by Crippen LogP contribution is -2.52. The molecule has 0 aromatic heterocycles. The normalized spacial score (nSPS) is 30.3. The van der Waals surface area contributed by atoms with Crippen molar-refractivity contribution < 1.29 is 33.5 Å². The van der Waals surface area contributed by atoms with Crippen LogP contribution in [0.2, 0.25) is 0 Å². The summed E-state index contributed by atoms with van der Waals surface area (Å²) in [6.07, 6.45) is 8.20. The van der Waals surface area contributed by atoms with Crippen LogP contribution in [0.25, 0.3) is 0 Å². The van der Waals surface area contributed by atoms with Gasteiger partial charge >= 0.3 is 0 Å². The van der Waals surface area contributed by atoms with E-state index in [0.29, 0.717) is 72.7 Å². The summed E-state index contributed by atoms with van der Waals surface area (Å²) in [7, 11) is 0. The highest BCUT2D eigenvalue weighted by molar-refractivity contribution is 5.03. The average molecular weight is 417 g/mol. The topological polar surface area (TPSA) is 75.6 Å². The van der Waals surface area contributed by atoms with Gasteiger partial charge in [-0.05, 0) is 56.3 Å². The van der Waals surface area contributed by atoms with E-state index in [0.717, 1.165) is 17.8 Å². The van der Waals surface area contributed by atoms with Crippen LogP contribution in [0, 0.1) is 17.8 Å². The Labute approximate surface area is 175 Å². The van der Waals surface area contributed by atoms with Gasteiger partial charge in [0.25, 0.3) is 0 Å². The Hall–Kier alpha value is -0.280. The largest absolute Gasteiger partial charge is 0.394 e. The molecule has 0 atom stereocenters. The van der Waals surface area contributed by atoms with Gasteiger partial charge < -0.3 is 33.5 Å². The maximum atomic E-state index is 8.56. The van der Waals surface area contributed by atoms with E-state index in [4.69, 9.17) is 33.5 Å². The van der Waals surface area contributed by atoms with Crippen LogP contribution in [-0.4, -0.2) is 90.0 Å². The molecule has 0 amide bonds. The van der Waals surface area contributed by atoms with Gasteiger partial charge in [0.05, 0.1) is 84.9 Å². The molecule has 170 valence electrons. The Morgan fingerprint density at radius 2 is 0.862 bits per heavy atom. The zero-order valence-electron chi connectivity index (χ0n) is 17.9. The number of rotatable bonds is 18. The van der Waals surface area contributed by atoms with Gasteiger partial charge in [-0.15, -0.1) is 0 Å². The fourth-order valence-corrected chi connectivity index (χ4v) is 5.57. The monoisotopic (exact) mass is 416 g/mol. The predicted molar refractivity (Wildman–Crippen MR) is 108 cm³/mol. The molecular weight excluding hydrogens is 376 g/mol. The maximum Gasteiger partial charge on any atom is 0.0708 e. The molecule has 4 rings (SSSR count). The molecule has 0 aromatic carbocycles. The molecule has 7 nitrogen and oxygen atoms in total. The van der Waals surface area contributed by atoms with Gasteiger partial charge in [0.2, 0.25) is 0 Å². The van der Waals surface area contributed by atoms with E-state index in [2.05, 4.69) is 0 Å². The first-order chi connectivity index (χ1) is 14.3. The lowest BCUT2D eigenvalue weighted by atomic mass is 9.54. The van der Waals surface area contributed by atoms with E-state index in [1.807, 2.05) is 0 Å². The third-order valence-electron chi connectivity index (χ3n) is 6.34. The molecule has 4 fully saturated rings. The fourth-order valence-electron chi connectivity index (χ4n) is 5.57. The summed E-state index contributed by atoms with van der Waals surface area (Å²) < 4.78 is 33.4. The Kier molecular flexibility index (Phi) is 10.6. The van der Waals surface area contributed by atoms with Crippen LogP contribution in [-0.2, 0) is 28.4 Å². The van der Waals surface area contributed by atoms with Crippen LogP contribution < -0.4 is 0 Å². The van der Waals surface area contributed by atoms with E-state index in [-0.39, 0.29) is 12.2 Å². The number of aliphatic hydroxyl groups is 1. The molecule has 0 heterocycles. The SMILES string of the molecule is OCCOCCOCCOCCOCCOCCOC12CC3CC(CC(C3)C1)C2. The van der Waals surface area contributed by atoms with Crippen molar-refractivity contribution >= 4 is 0 Å². The molecule has 0 aromatic rings. The van der Waals surface area contributed by atoms with Gasteiger partial charge in [0, 0.05) is 0 Å². The molecule has 1 N–H and O–H groups in total. The number of hydrogen-bond donors (Lipinski definition) is 1. The van der Waals surface area contributed by atoms with Crippen LogP contribution in [0.3, 0.4) is 0 Å². The van der Waals surface area contributed by atoms with E-state index in [9.17, 15) is 0 Å². The predicted octanol–water partition coefficient (Wildman–Crippen LogP) is 2.05. The Morgan fingerprint density at radius 1 is 0.517 bits per heavy atom. The zero-order chi connectivity index (χ0) is 20.2. The van der Waals surface area contributed by atoms with Gasteiger partial charge in [-0.25, -0.2) is 0 Å². The third-order valence-corrected chi connectivity index (χ3v) is 6.34. The minimum absolute atomic E-state index is 0.0454. The Balaban J connectivity index is 1.05. The van der Waals surface area contributed by atoms with E-state index >= 15 is 0 Å². The smallest absolute Gasteiger partial charge is 0.0708 e. The molecule has 4 saturated carbocycles. The van der Waals surface area contributed by atoms with Crippen molar-refractivity contribution in [2.45, 2.75) is 44.1 Å². The van der Waals surface area contributed by atoms with Crippen molar-refractivity contribution in [2.75, 3.05) is 79.3 Å². The summed E-state index contributed by atoms with van der Waals surface area (Å²) in [6.45, 7) is 6.16. The molecule has 0 spiro atoms. The summed E-state index contributed by atoms with van der Waals surface area (Å²) >= 11 is 0. The highest BCUT2D eigenvalue weighted by Gasteiger charge is 2.51. The van der Waals surface area contributed by atoms with Gasteiger partial charge in [0.1, 0.15) is 0 Å². The Bertz CT molecular complexity index is 396. The second-order valence-electron chi connectivity index (χ2n) is 8.73. The summed E-state index contributed by atoms with van der Waals surface area (Å²) in [6, 6.07) is 0. The molecule has 4 aliphatic carbocycles. The van der Waals surface area contributed by atoms with E-state index in [1.54, 1.807) is 0 Å². The summed E-state index contributed by atoms with van der Waals surface area (Å²) in [5, 5.41) is 8.56. The van der Waals surface area contributed by atoms with Crippen molar-refractivity contribution in [3.05, 3.63) is 0 Å².